The average Bonchev–Trinajstić information content (AvgIpc) is 2.53. The van der Waals surface area contributed by atoms with Gasteiger partial charge in [-0.1, -0.05) is 69.6 Å². The smallest absolute Gasteiger partial charge is 0.410 e. The van der Waals surface area contributed by atoms with Crippen LogP contribution in [0.25, 0.3) is 10.8 Å². The average molecular weight is 388 g/mol. The van der Waals surface area contributed by atoms with Crippen LogP contribution in [0.1, 0.15) is 13.8 Å². The molecule has 3 nitrogen and oxygen atoms in total. The van der Waals surface area contributed by atoms with Crippen molar-refractivity contribution in [2.75, 3.05) is 13.1 Å². The van der Waals surface area contributed by atoms with Gasteiger partial charge in [-0.3, -0.25) is 0 Å². The van der Waals surface area contributed by atoms with E-state index in [1.165, 1.54) is 21.1 Å². The Labute approximate surface area is 160 Å². The van der Waals surface area contributed by atoms with Gasteiger partial charge < -0.3 is 9.64 Å². The fraction of sp³-hybridized carbons (Fsp3) is 0.476. The lowest BCUT2D eigenvalue weighted by Gasteiger charge is -2.30. The summed E-state index contributed by atoms with van der Waals surface area (Å²) in [6.45, 7) is 19.3. The highest BCUT2D eigenvalue weighted by molar-refractivity contribution is 6.94. The van der Waals surface area contributed by atoms with Crippen LogP contribution in [-0.4, -0.2) is 40.2 Å². The molecule has 1 amide bonds. The van der Waals surface area contributed by atoms with Crippen LogP contribution in [0.3, 0.4) is 0 Å². The van der Waals surface area contributed by atoms with Gasteiger partial charge in [-0.2, -0.15) is 0 Å². The summed E-state index contributed by atoms with van der Waals surface area (Å²) in [4.78, 5) is 14.6. The number of benzene rings is 2. The molecule has 0 bridgehead atoms. The predicted octanol–water partition coefficient (Wildman–Crippen LogP) is 4.77. The molecule has 2 rings (SSSR count). The highest BCUT2D eigenvalue weighted by atomic mass is 28.3. The van der Waals surface area contributed by atoms with E-state index >= 15 is 0 Å². The fourth-order valence-electron chi connectivity index (χ4n) is 3.37. The van der Waals surface area contributed by atoms with E-state index in [1.807, 2.05) is 13.8 Å². The lowest BCUT2D eigenvalue weighted by molar-refractivity contribution is 0.158. The molecule has 0 radical (unpaired) electrons. The third kappa shape index (κ3) is 4.21. The van der Waals surface area contributed by atoms with Crippen LogP contribution >= 0.6 is 0 Å². The van der Waals surface area contributed by atoms with Crippen molar-refractivity contribution in [3.63, 3.8) is 0 Å². The van der Waals surface area contributed by atoms with E-state index in [9.17, 15) is 4.79 Å². The topological polar surface area (TPSA) is 29.5 Å². The summed E-state index contributed by atoms with van der Waals surface area (Å²) in [6, 6.07) is 10.8. The molecular formula is C21H33NO2Si2. The number of hydrogen-bond acceptors (Lipinski definition) is 2. The number of ether oxygens (including phenoxy) is 1. The highest BCUT2D eigenvalue weighted by Crippen LogP contribution is 2.25. The van der Waals surface area contributed by atoms with E-state index in [0.29, 0.717) is 13.1 Å². The van der Waals surface area contributed by atoms with E-state index in [2.05, 4.69) is 69.6 Å². The molecule has 0 aliphatic carbocycles. The number of nitrogens with zero attached hydrogens (tertiary/aromatic N) is 1. The Kier molecular flexibility index (Phi) is 6.03. The van der Waals surface area contributed by atoms with Crippen molar-refractivity contribution in [1.29, 1.82) is 0 Å². The minimum absolute atomic E-state index is 0.232. The molecule has 142 valence electrons. The Morgan fingerprint density at radius 3 is 2.04 bits per heavy atom. The second-order valence-electron chi connectivity index (χ2n) is 8.89. The van der Waals surface area contributed by atoms with Crippen molar-refractivity contribution >= 4 is 43.4 Å². The zero-order chi connectivity index (χ0) is 19.7. The molecule has 2 aromatic carbocycles. The first-order chi connectivity index (χ1) is 12.0. The van der Waals surface area contributed by atoms with Crippen LogP contribution < -0.4 is 15.1 Å². The van der Waals surface area contributed by atoms with Gasteiger partial charge in [0.05, 0.1) is 16.1 Å². The molecule has 0 spiro atoms. The molecule has 26 heavy (non-hydrogen) atoms. The Balaban J connectivity index is 2.81. The van der Waals surface area contributed by atoms with Crippen molar-refractivity contribution in [1.82, 2.24) is 4.90 Å². The van der Waals surface area contributed by atoms with Gasteiger partial charge in [0.2, 0.25) is 0 Å². The molecule has 0 fully saturated rings. The van der Waals surface area contributed by atoms with Crippen molar-refractivity contribution in [3.8, 4) is 5.75 Å². The molecule has 0 saturated heterocycles. The van der Waals surface area contributed by atoms with E-state index in [4.69, 9.17) is 4.74 Å². The van der Waals surface area contributed by atoms with Crippen LogP contribution in [0.15, 0.2) is 30.3 Å². The summed E-state index contributed by atoms with van der Waals surface area (Å²) < 4.78 is 6.14. The SMILES string of the molecule is CCN(CC)C(=O)Oc1c([Si](C)(C)C)cc2ccccc2c1[Si](C)(C)C. The van der Waals surface area contributed by atoms with Crippen LogP contribution in [0.4, 0.5) is 4.79 Å². The molecule has 0 aliphatic heterocycles. The minimum atomic E-state index is -1.75. The standard InChI is InChI=1S/C21H33NO2Si2/c1-9-22(10-2)21(23)24-19-18(25(3,4)5)15-16-13-11-12-14-17(16)20(19)26(6,7)8/h11-15H,9-10H2,1-8H3. The van der Waals surface area contributed by atoms with Crippen LogP contribution in [-0.2, 0) is 0 Å². The molecule has 5 heteroatoms. The Morgan fingerprint density at radius 2 is 1.54 bits per heavy atom. The van der Waals surface area contributed by atoms with E-state index in [-0.39, 0.29) is 6.09 Å². The van der Waals surface area contributed by atoms with Crippen LogP contribution in [0.5, 0.6) is 5.75 Å². The van der Waals surface area contributed by atoms with Gasteiger partial charge in [0.15, 0.2) is 0 Å². The van der Waals surface area contributed by atoms with Gasteiger partial charge in [0.25, 0.3) is 0 Å². The van der Waals surface area contributed by atoms with Gasteiger partial charge in [-0.25, -0.2) is 4.79 Å². The predicted molar refractivity (Wildman–Crippen MR) is 119 cm³/mol. The largest absolute Gasteiger partial charge is 0.415 e. The van der Waals surface area contributed by atoms with Crippen molar-refractivity contribution in [2.45, 2.75) is 53.1 Å². The summed E-state index contributed by atoms with van der Waals surface area (Å²) in [5.41, 5.74) is 0. The summed E-state index contributed by atoms with van der Waals surface area (Å²) in [5, 5.41) is 5.00. The van der Waals surface area contributed by atoms with Crippen molar-refractivity contribution in [2.24, 2.45) is 0 Å². The number of fused-ring (bicyclic) bond motifs is 1. The Bertz CT molecular complexity index is 800. The van der Waals surface area contributed by atoms with Crippen molar-refractivity contribution in [3.05, 3.63) is 30.3 Å². The molecule has 2 aromatic rings. The first kappa shape index (κ1) is 20.7. The number of amides is 1. The first-order valence-electron chi connectivity index (χ1n) is 9.54. The Hall–Kier alpha value is -1.60. The van der Waals surface area contributed by atoms with Crippen LogP contribution in [0, 0.1) is 0 Å². The number of rotatable bonds is 5. The van der Waals surface area contributed by atoms with E-state index in [1.54, 1.807) is 4.90 Å². The second kappa shape index (κ2) is 7.57. The minimum Gasteiger partial charge on any atom is -0.410 e. The molecule has 0 unspecified atom stereocenters. The quantitative estimate of drug-likeness (QED) is 0.692. The third-order valence-corrected chi connectivity index (χ3v) is 8.75. The number of carbonyl (C=O) groups excluding carboxylic acids is 1. The van der Waals surface area contributed by atoms with Gasteiger partial charge in [-0.15, -0.1) is 0 Å². The molecule has 0 aliphatic rings. The first-order valence-corrected chi connectivity index (χ1v) is 16.5. The maximum absolute atomic E-state index is 12.8. The molecular weight excluding hydrogens is 354 g/mol. The van der Waals surface area contributed by atoms with Gasteiger partial charge >= 0.3 is 6.09 Å². The van der Waals surface area contributed by atoms with Gasteiger partial charge in [-0.05, 0) is 35.0 Å². The second-order valence-corrected chi connectivity index (χ2v) is 18.9. The number of carbonyl (C=O) groups is 1. The fourth-order valence-corrected chi connectivity index (χ4v) is 6.84. The summed E-state index contributed by atoms with van der Waals surface area (Å²) in [5.74, 6) is 0.846. The molecule has 0 heterocycles. The highest BCUT2D eigenvalue weighted by Gasteiger charge is 2.32. The lowest BCUT2D eigenvalue weighted by Crippen LogP contribution is -2.48. The summed E-state index contributed by atoms with van der Waals surface area (Å²) in [7, 11) is -3.45. The molecule has 0 aromatic heterocycles. The zero-order valence-corrected chi connectivity index (χ0v) is 19.6. The maximum Gasteiger partial charge on any atom is 0.415 e. The van der Waals surface area contributed by atoms with Crippen molar-refractivity contribution < 1.29 is 9.53 Å². The third-order valence-electron chi connectivity index (χ3n) is 4.77. The maximum atomic E-state index is 12.8. The van der Waals surface area contributed by atoms with Gasteiger partial charge in [0, 0.05) is 13.1 Å². The summed E-state index contributed by atoms with van der Waals surface area (Å²) in [6.07, 6.45) is -0.232. The monoisotopic (exact) mass is 387 g/mol. The van der Waals surface area contributed by atoms with E-state index in [0.717, 1.165) is 5.75 Å². The molecule has 0 atom stereocenters. The summed E-state index contributed by atoms with van der Waals surface area (Å²) >= 11 is 0. The molecule has 0 N–H and O–H groups in total. The van der Waals surface area contributed by atoms with Gasteiger partial charge in [0.1, 0.15) is 5.75 Å². The normalized spacial score (nSPS) is 12.3. The van der Waals surface area contributed by atoms with Crippen LogP contribution in [0.2, 0.25) is 39.3 Å². The Morgan fingerprint density at radius 1 is 0.962 bits per heavy atom. The zero-order valence-electron chi connectivity index (χ0n) is 17.6. The number of hydrogen-bond donors (Lipinski definition) is 0. The lowest BCUT2D eigenvalue weighted by atomic mass is 10.1. The van der Waals surface area contributed by atoms with E-state index < -0.39 is 16.1 Å². The molecule has 0 saturated carbocycles.